The van der Waals surface area contributed by atoms with Crippen molar-refractivity contribution in [3.05, 3.63) is 89.2 Å². The summed E-state index contributed by atoms with van der Waals surface area (Å²) >= 11 is 5.80. The summed E-state index contributed by atoms with van der Waals surface area (Å²) in [5, 5.41) is 4.34. The van der Waals surface area contributed by atoms with Crippen LogP contribution in [-0.2, 0) is 10.0 Å². The van der Waals surface area contributed by atoms with Crippen molar-refractivity contribution in [2.75, 3.05) is 4.72 Å². The Bertz CT molecular complexity index is 1100. The van der Waals surface area contributed by atoms with E-state index in [2.05, 4.69) is 20.2 Å². The highest BCUT2D eigenvalue weighted by Crippen LogP contribution is 2.19. The highest BCUT2D eigenvalue weighted by Gasteiger charge is 2.16. The average Bonchev–Trinajstić information content (AvgIpc) is 2.70. The zero-order valence-electron chi connectivity index (χ0n) is 14.4. The lowest BCUT2D eigenvalue weighted by Gasteiger charge is -2.09. The monoisotopic (exact) mass is 414 g/mol. The van der Waals surface area contributed by atoms with Gasteiger partial charge in [0.15, 0.2) is 0 Å². The van der Waals surface area contributed by atoms with Crippen molar-refractivity contribution in [3.8, 4) is 0 Å². The summed E-state index contributed by atoms with van der Waals surface area (Å²) in [5.74, 6) is -0.538. The quantitative estimate of drug-likeness (QED) is 0.477. The molecule has 0 fully saturated rings. The molecule has 7 nitrogen and oxygen atoms in total. The van der Waals surface area contributed by atoms with Crippen LogP contribution in [0.3, 0.4) is 0 Å². The Morgan fingerprint density at radius 1 is 1.07 bits per heavy atom. The van der Waals surface area contributed by atoms with Gasteiger partial charge in [-0.1, -0.05) is 23.7 Å². The van der Waals surface area contributed by atoms with Crippen molar-refractivity contribution < 1.29 is 13.2 Å². The van der Waals surface area contributed by atoms with Gasteiger partial charge in [0.25, 0.3) is 15.9 Å². The van der Waals surface area contributed by atoms with Gasteiger partial charge < -0.3 is 0 Å². The molecule has 0 saturated heterocycles. The number of anilines is 1. The molecule has 0 aliphatic rings. The molecule has 0 bridgehead atoms. The van der Waals surface area contributed by atoms with Crippen LogP contribution in [-0.4, -0.2) is 25.5 Å². The normalized spacial score (nSPS) is 11.3. The number of aromatic nitrogens is 1. The van der Waals surface area contributed by atoms with Crippen LogP contribution >= 0.6 is 11.6 Å². The van der Waals surface area contributed by atoms with Gasteiger partial charge in [0, 0.05) is 34.2 Å². The number of hydrogen-bond donors (Lipinski definition) is 2. The number of hydrazone groups is 1. The molecule has 0 atom stereocenters. The van der Waals surface area contributed by atoms with E-state index in [1.807, 2.05) is 0 Å². The average molecular weight is 415 g/mol. The molecular weight excluding hydrogens is 400 g/mol. The van der Waals surface area contributed by atoms with Crippen molar-refractivity contribution in [2.24, 2.45) is 5.10 Å². The maximum Gasteiger partial charge on any atom is 0.271 e. The van der Waals surface area contributed by atoms with Crippen molar-refractivity contribution in [2.45, 2.75) is 4.90 Å². The van der Waals surface area contributed by atoms with Crippen LogP contribution in [0, 0.1) is 0 Å². The molecule has 0 radical (unpaired) electrons. The minimum absolute atomic E-state index is 0.0497. The Morgan fingerprint density at radius 3 is 2.57 bits per heavy atom. The van der Waals surface area contributed by atoms with Crippen LogP contribution in [0.5, 0.6) is 0 Å². The van der Waals surface area contributed by atoms with E-state index in [-0.39, 0.29) is 10.5 Å². The summed E-state index contributed by atoms with van der Waals surface area (Å²) < 4.78 is 27.5. The Hall–Kier alpha value is -3.23. The third kappa shape index (κ3) is 5.15. The van der Waals surface area contributed by atoms with E-state index in [1.165, 1.54) is 30.5 Å². The number of benzene rings is 2. The van der Waals surface area contributed by atoms with Gasteiger partial charge >= 0.3 is 0 Å². The SMILES string of the molecule is O=C(N/N=C\c1cccnc1)c1cccc(S(=O)(=O)Nc2ccc(Cl)cc2)c1. The molecular formula is C19H15ClN4O3S. The van der Waals surface area contributed by atoms with Crippen LogP contribution in [0.1, 0.15) is 15.9 Å². The molecule has 1 amide bonds. The van der Waals surface area contributed by atoms with Crippen LogP contribution in [0.25, 0.3) is 0 Å². The number of rotatable bonds is 6. The van der Waals surface area contributed by atoms with Crippen molar-refractivity contribution in [3.63, 3.8) is 0 Å². The minimum atomic E-state index is -3.87. The number of nitrogens with one attached hydrogen (secondary N) is 2. The molecule has 0 spiro atoms. The van der Waals surface area contributed by atoms with Gasteiger partial charge in [-0.05, 0) is 48.5 Å². The van der Waals surface area contributed by atoms with Gasteiger partial charge in [0.05, 0.1) is 11.1 Å². The maximum absolute atomic E-state index is 12.5. The topological polar surface area (TPSA) is 101 Å². The summed E-state index contributed by atoms with van der Waals surface area (Å²) in [6.07, 6.45) is 4.65. The van der Waals surface area contributed by atoms with Gasteiger partial charge in [0.1, 0.15) is 0 Å². The minimum Gasteiger partial charge on any atom is -0.280 e. The van der Waals surface area contributed by atoms with Crippen LogP contribution < -0.4 is 10.1 Å². The number of pyridine rings is 1. The van der Waals surface area contributed by atoms with E-state index in [4.69, 9.17) is 11.6 Å². The standard InChI is InChI=1S/C19H15ClN4O3S/c20-16-6-8-17(9-7-16)24-28(26,27)18-5-1-4-15(11-18)19(25)23-22-13-14-3-2-10-21-12-14/h1-13,24H,(H,23,25)/b22-13-. The molecule has 2 N–H and O–H groups in total. The number of carbonyl (C=O) groups excluding carboxylic acids is 1. The fourth-order valence-corrected chi connectivity index (χ4v) is 3.45. The third-order valence-corrected chi connectivity index (χ3v) is 5.20. The molecule has 142 valence electrons. The zero-order chi connectivity index (χ0) is 20.0. The predicted molar refractivity (Wildman–Crippen MR) is 108 cm³/mol. The lowest BCUT2D eigenvalue weighted by molar-refractivity contribution is 0.0955. The summed E-state index contributed by atoms with van der Waals surface area (Å²) in [6, 6.07) is 15.4. The zero-order valence-corrected chi connectivity index (χ0v) is 16.0. The Labute approximate surface area is 167 Å². The highest BCUT2D eigenvalue weighted by molar-refractivity contribution is 7.92. The fourth-order valence-electron chi connectivity index (χ4n) is 2.22. The van der Waals surface area contributed by atoms with Gasteiger partial charge in [-0.25, -0.2) is 13.8 Å². The van der Waals surface area contributed by atoms with Crippen molar-refractivity contribution >= 4 is 39.4 Å². The number of hydrogen-bond acceptors (Lipinski definition) is 5. The summed E-state index contributed by atoms with van der Waals surface area (Å²) in [7, 11) is -3.87. The van der Waals surface area contributed by atoms with E-state index in [9.17, 15) is 13.2 Å². The lowest BCUT2D eigenvalue weighted by atomic mass is 10.2. The van der Waals surface area contributed by atoms with E-state index in [1.54, 1.807) is 48.8 Å². The van der Waals surface area contributed by atoms with Gasteiger partial charge in [-0.15, -0.1) is 0 Å². The van der Waals surface area contributed by atoms with Crippen LogP contribution in [0.2, 0.25) is 5.02 Å². The van der Waals surface area contributed by atoms with E-state index < -0.39 is 15.9 Å². The lowest BCUT2D eigenvalue weighted by Crippen LogP contribution is -2.19. The first-order valence-corrected chi connectivity index (χ1v) is 9.92. The number of amides is 1. The molecule has 0 saturated carbocycles. The van der Waals surface area contributed by atoms with Crippen molar-refractivity contribution in [1.82, 2.24) is 10.4 Å². The van der Waals surface area contributed by atoms with E-state index >= 15 is 0 Å². The first kappa shape index (κ1) is 19.5. The fraction of sp³-hybridized carbons (Fsp3) is 0. The van der Waals surface area contributed by atoms with Crippen molar-refractivity contribution in [1.29, 1.82) is 0 Å². The van der Waals surface area contributed by atoms with Crippen LogP contribution in [0.15, 0.2) is 83.1 Å². The molecule has 1 heterocycles. The highest BCUT2D eigenvalue weighted by atomic mass is 35.5. The maximum atomic E-state index is 12.5. The number of nitrogens with zero attached hydrogens (tertiary/aromatic N) is 2. The molecule has 28 heavy (non-hydrogen) atoms. The second-order valence-corrected chi connectivity index (χ2v) is 7.74. The van der Waals surface area contributed by atoms with E-state index in [0.29, 0.717) is 16.3 Å². The molecule has 3 rings (SSSR count). The molecule has 9 heteroatoms. The first-order valence-electron chi connectivity index (χ1n) is 8.06. The molecule has 1 aromatic heterocycles. The summed E-state index contributed by atoms with van der Waals surface area (Å²) in [5.41, 5.74) is 3.59. The molecule has 2 aromatic carbocycles. The smallest absolute Gasteiger partial charge is 0.271 e. The Morgan fingerprint density at radius 2 is 1.86 bits per heavy atom. The molecule has 0 aliphatic heterocycles. The van der Waals surface area contributed by atoms with Crippen LogP contribution in [0.4, 0.5) is 5.69 Å². The predicted octanol–water partition coefficient (Wildman–Crippen LogP) is 3.30. The summed E-state index contributed by atoms with van der Waals surface area (Å²) in [6.45, 7) is 0. The third-order valence-electron chi connectivity index (χ3n) is 3.57. The molecule has 0 unspecified atom stereocenters. The molecule has 0 aliphatic carbocycles. The number of halogens is 1. The molecule has 3 aromatic rings. The summed E-state index contributed by atoms with van der Waals surface area (Å²) in [4.78, 5) is 16.1. The number of carbonyl (C=O) groups is 1. The second-order valence-electron chi connectivity index (χ2n) is 5.63. The van der Waals surface area contributed by atoms with Gasteiger partial charge in [-0.2, -0.15) is 5.10 Å². The van der Waals surface area contributed by atoms with E-state index in [0.717, 1.165) is 0 Å². The second kappa shape index (κ2) is 8.64. The Balaban J connectivity index is 1.72. The van der Waals surface area contributed by atoms with Gasteiger partial charge in [-0.3, -0.25) is 14.5 Å². The first-order chi connectivity index (χ1) is 13.4. The van der Waals surface area contributed by atoms with Gasteiger partial charge in [0.2, 0.25) is 0 Å². The Kier molecular flexibility index (Phi) is 6.03. The largest absolute Gasteiger partial charge is 0.280 e. The number of sulfonamides is 1.